The summed E-state index contributed by atoms with van der Waals surface area (Å²) in [4.78, 5) is -1.39. The molecule has 1 saturated carbocycles. The van der Waals surface area contributed by atoms with Crippen LogP contribution < -0.4 is 4.74 Å². The van der Waals surface area contributed by atoms with Gasteiger partial charge in [-0.25, -0.2) is 0 Å². The number of hydrogen-bond donors (Lipinski definition) is 0. The molecule has 0 N–H and O–H groups in total. The standard InChI is InChI=1S/C18H23F6NO/c19-17(20,21)25(18(22,23)24)11-5-9-14-8-4-10-16(12-14)26-13-15-6-2-1-3-7-15/h4,8,10,12,15H,1-3,5-7,9,11,13H2. The van der Waals surface area contributed by atoms with Crippen molar-refractivity contribution in [3.63, 3.8) is 0 Å². The van der Waals surface area contributed by atoms with Crippen molar-refractivity contribution >= 4 is 0 Å². The van der Waals surface area contributed by atoms with E-state index in [1.165, 1.54) is 19.3 Å². The summed E-state index contributed by atoms with van der Waals surface area (Å²) in [6, 6.07) is 6.83. The molecule has 1 fully saturated rings. The summed E-state index contributed by atoms with van der Waals surface area (Å²) in [6.45, 7) is -0.528. The Morgan fingerprint density at radius 1 is 0.962 bits per heavy atom. The Balaban J connectivity index is 1.84. The van der Waals surface area contributed by atoms with Crippen LogP contribution in [0.5, 0.6) is 5.75 Å². The van der Waals surface area contributed by atoms with Crippen LogP contribution in [0.2, 0.25) is 0 Å². The van der Waals surface area contributed by atoms with Gasteiger partial charge < -0.3 is 4.74 Å². The van der Waals surface area contributed by atoms with E-state index < -0.39 is 24.0 Å². The molecule has 0 heterocycles. The molecule has 1 aliphatic carbocycles. The van der Waals surface area contributed by atoms with Gasteiger partial charge in [-0.3, -0.25) is 0 Å². The van der Waals surface area contributed by atoms with Gasteiger partial charge in [-0.2, -0.15) is 26.3 Å². The molecule has 8 heteroatoms. The van der Waals surface area contributed by atoms with E-state index in [4.69, 9.17) is 4.74 Å². The molecule has 1 aromatic rings. The predicted molar refractivity (Wildman–Crippen MR) is 85.6 cm³/mol. The highest BCUT2D eigenvalue weighted by molar-refractivity contribution is 5.28. The molecule has 148 valence electrons. The van der Waals surface area contributed by atoms with Gasteiger partial charge in [0, 0.05) is 6.54 Å². The van der Waals surface area contributed by atoms with Crippen LogP contribution in [-0.2, 0) is 6.42 Å². The molecule has 0 unspecified atom stereocenters. The van der Waals surface area contributed by atoms with Crippen LogP contribution in [0, 0.1) is 5.92 Å². The van der Waals surface area contributed by atoms with Crippen LogP contribution in [0.15, 0.2) is 24.3 Å². The first-order valence-electron chi connectivity index (χ1n) is 8.79. The van der Waals surface area contributed by atoms with E-state index in [1.54, 1.807) is 24.3 Å². The maximum Gasteiger partial charge on any atom is 0.467 e. The zero-order valence-electron chi connectivity index (χ0n) is 14.4. The van der Waals surface area contributed by atoms with Gasteiger partial charge in [0.15, 0.2) is 0 Å². The second-order valence-electron chi connectivity index (χ2n) is 6.65. The summed E-state index contributed by atoms with van der Waals surface area (Å²) >= 11 is 0. The van der Waals surface area contributed by atoms with Crippen LogP contribution >= 0.6 is 0 Å². The van der Waals surface area contributed by atoms with Crippen LogP contribution in [0.3, 0.4) is 0 Å². The van der Waals surface area contributed by atoms with E-state index in [0.717, 1.165) is 12.8 Å². The highest BCUT2D eigenvalue weighted by Crippen LogP contribution is 2.33. The van der Waals surface area contributed by atoms with Gasteiger partial charge >= 0.3 is 12.6 Å². The minimum absolute atomic E-state index is 0.114. The van der Waals surface area contributed by atoms with Gasteiger partial charge in [-0.15, -0.1) is 4.90 Å². The monoisotopic (exact) mass is 383 g/mol. The van der Waals surface area contributed by atoms with Gasteiger partial charge in [0.25, 0.3) is 0 Å². The average molecular weight is 383 g/mol. The highest BCUT2D eigenvalue weighted by atomic mass is 19.4. The average Bonchev–Trinajstić information content (AvgIpc) is 2.56. The van der Waals surface area contributed by atoms with Gasteiger partial charge in [0.1, 0.15) is 5.75 Å². The fourth-order valence-electron chi connectivity index (χ4n) is 3.20. The zero-order valence-corrected chi connectivity index (χ0v) is 14.4. The molecule has 2 rings (SSSR count). The molecule has 0 aromatic heterocycles. The lowest BCUT2D eigenvalue weighted by atomic mass is 9.90. The third-order valence-electron chi connectivity index (χ3n) is 4.57. The number of benzene rings is 1. The second kappa shape index (κ2) is 8.97. The van der Waals surface area contributed by atoms with Crippen LogP contribution in [0.1, 0.15) is 44.1 Å². The third kappa shape index (κ3) is 6.70. The Bertz CT molecular complexity index is 537. The Morgan fingerprint density at radius 2 is 1.62 bits per heavy atom. The van der Waals surface area contributed by atoms with E-state index in [0.29, 0.717) is 23.8 Å². The number of hydrogen-bond acceptors (Lipinski definition) is 2. The SMILES string of the molecule is FC(F)(F)N(CCCc1cccc(OCC2CCCCC2)c1)C(F)(F)F. The van der Waals surface area contributed by atoms with Crippen molar-refractivity contribution in [3.05, 3.63) is 29.8 Å². The molecule has 1 aromatic carbocycles. The summed E-state index contributed by atoms with van der Waals surface area (Å²) in [5.41, 5.74) is 0.662. The number of nitrogens with zero attached hydrogens (tertiary/aromatic N) is 1. The number of ether oxygens (including phenoxy) is 1. The van der Waals surface area contributed by atoms with E-state index in [9.17, 15) is 26.3 Å². The lowest BCUT2D eigenvalue weighted by Crippen LogP contribution is -2.48. The highest BCUT2D eigenvalue weighted by Gasteiger charge is 2.53. The lowest BCUT2D eigenvalue weighted by Gasteiger charge is -2.26. The molecular weight excluding hydrogens is 360 g/mol. The number of rotatable bonds is 7. The van der Waals surface area contributed by atoms with Crippen LogP contribution in [0.25, 0.3) is 0 Å². The van der Waals surface area contributed by atoms with Crippen LogP contribution in [0.4, 0.5) is 26.3 Å². The largest absolute Gasteiger partial charge is 0.493 e. The number of aryl methyl sites for hydroxylation is 1. The minimum Gasteiger partial charge on any atom is -0.493 e. The maximum atomic E-state index is 12.5. The zero-order chi connectivity index (χ0) is 19.2. The Labute approximate surface area is 149 Å². The van der Waals surface area contributed by atoms with Crippen molar-refractivity contribution in [2.75, 3.05) is 13.2 Å². The topological polar surface area (TPSA) is 12.5 Å². The Hall–Kier alpha value is -1.44. The van der Waals surface area contributed by atoms with Gasteiger partial charge in [0.2, 0.25) is 0 Å². The summed E-state index contributed by atoms with van der Waals surface area (Å²) in [5, 5.41) is 0. The van der Waals surface area contributed by atoms with Crippen molar-refractivity contribution in [2.24, 2.45) is 5.92 Å². The summed E-state index contributed by atoms with van der Waals surface area (Å²) in [7, 11) is 0. The Kier molecular flexibility index (Phi) is 7.20. The maximum absolute atomic E-state index is 12.5. The summed E-state index contributed by atoms with van der Waals surface area (Å²) in [6.07, 6.45) is -5.10. The fourth-order valence-corrected chi connectivity index (χ4v) is 3.20. The molecule has 0 radical (unpaired) electrons. The molecule has 0 amide bonds. The molecule has 0 bridgehead atoms. The molecule has 0 atom stereocenters. The van der Waals surface area contributed by atoms with E-state index >= 15 is 0 Å². The van der Waals surface area contributed by atoms with E-state index in [1.807, 2.05) is 0 Å². The normalized spacial score (nSPS) is 16.9. The summed E-state index contributed by atoms with van der Waals surface area (Å²) < 4.78 is 80.6. The Morgan fingerprint density at radius 3 is 2.23 bits per heavy atom. The molecule has 1 aliphatic rings. The van der Waals surface area contributed by atoms with E-state index in [2.05, 4.69) is 0 Å². The molecular formula is C18H23F6NO. The van der Waals surface area contributed by atoms with Crippen LogP contribution in [-0.4, -0.2) is 30.7 Å². The predicted octanol–water partition coefficient (Wildman–Crippen LogP) is 5.92. The van der Waals surface area contributed by atoms with Gasteiger partial charge in [-0.1, -0.05) is 31.4 Å². The van der Waals surface area contributed by atoms with Crippen molar-refractivity contribution in [2.45, 2.75) is 57.5 Å². The molecule has 0 spiro atoms. The quantitative estimate of drug-likeness (QED) is 0.428. The first-order valence-corrected chi connectivity index (χ1v) is 8.79. The van der Waals surface area contributed by atoms with Crippen molar-refractivity contribution in [3.8, 4) is 5.75 Å². The van der Waals surface area contributed by atoms with Crippen molar-refractivity contribution < 1.29 is 31.1 Å². The number of alkyl halides is 6. The minimum atomic E-state index is -5.43. The van der Waals surface area contributed by atoms with E-state index in [-0.39, 0.29) is 12.8 Å². The summed E-state index contributed by atoms with van der Waals surface area (Å²) in [5.74, 6) is 1.12. The first-order chi connectivity index (χ1) is 12.2. The smallest absolute Gasteiger partial charge is 0.467 e. The molecule has 0 aliphatic heterocycles. The third-order valence-corrected chi connectivity index (χ3v) is 4.57. The molecule has 2 nitrogen and oxygen atoms in total. The molecule has 0 saturated heterocycles. The lowest BCUT2D eigenvalue weighted by molar-refractivity contribution is -0.372. The fraction of sp³-hybridized carbons (Fsp3) is 0.667. The van der Waals surface area contributed by atoms with Gasteiger partial charge in [-0.05, 0) is 49.3 Å². The van der Waals surface area contributed by atoms with Crippen molar-refractivity contribution in [1.82, 2.24) is 4.90 Å². The second-order valence-corrected chi connectivity index (χ2v) is 6.65. The first kappa shape index (κ1) is 20.9. The number of halogens is 6. The van der Waals surface area contributed by atoms with Gasteiger partial charge in [0.05, 0.1) is 6.61 Å². The molecule has 26 heavy (non-hydrogen) atoms. The van der Waals surface area contributed by atoms with Crippen molar-refractivity contribution in [1.29, 1.82) is 0 Å².